The first-order valence-corrected chi connectivity index (χ1v) is 6.46. The number of methoxy groups -OCH3 is 1. The van der Waals surface area contributed by atoms with E-state index in [9.17, 15) is 9.59 Å². The Labute approximate surface area is 105 Å². The number of halogens is 1. The van der Waals surface area contributed by atoms with E-state index in [4.69, 9.17) is 0 Å². The number of carbonyl (C=O) groups is 1. The predicted octanol–water partition coefficient (Wildman–Crippen LogP) is 1.74. The second kappa shape index (κ2) is 4.25. The van der Waals surface area contributed by atoms with Gasteiger partial charge in [0.2, 0.25) is 0 Å². The number of nitrogens with zero attached hydrogens (tertiary/aromatic N) is 1. The molecule has 16 heavy (non-hydrogen) atoms. The van der Waals surface area contributed by atoms with Crippen LogP contribution in [-0.4, -0.2) is 23.4 Å². The molecule has 0 aliphatic carbocycles. The standard InChI is InChI=1S/C10H10BrNO3S/c1-5-3-7-12(9(13)8(5)11)6(4-16-7)10(14)15-2/h3,6H,4H2,1-2H3/t6-/m0/s1. The Balaban J connectivity index is 2.59. The van der Waals surface area contributed by atoms with E-state index in [0.29, 0.717) is 10.2 Å². The molecule has 86 valence electrons. The van der Waals surface area contributed by atoms with Gasteiger partial charge in [0, 0.05) is 5.75 Å². The number of carbonyl (C=O) groups excluding carboxylic acids is 1. The highest BCUT2D eigenvalue weighted by molar-refractivity contribution is 9.10. The van der Waals surface area contributed by atoms with E-state index in [2.05, 4.69) is 20.7 Å². The lowest BCUT2D eigenvalue weighted by molar-refractivity contribution is -0.143. The number of hydrogen-bond donors (Lipinski definition) is 0. The Morgan fingerprint density at radius 2 is 2.38 bits per heavy atom. The molecule has 0 aromatic carbocycles. The largest absolute Gasteiger partial charge is 0.467 e. The van der Waals surface area contributed by atoms with Crippen LogP contribution < -0.4 is 5.56 Å². The van der Waals surface area contributed by atoms with Crippen LogP contribution in [0.3, 0.4) is 0 Å². The van der Waals surface area contributed by atoms with E-state index < -0.39 is 6.04 Å². The minimum Gasteiger partial charge on any atom is -0.467 e. The summed E-state index contributed by atoms with van der Waals surface area (Å²) in [5.74, 6) is 0.182. The van der Waals surface area contributed by atoms with Crippen LogP contribution >= 0.6 is 27.7 Å². The molecule has 0 saturated heterocycles. The molecular weight excluding hydrogens is 294 g/mol. The maximum absolute atomic E-state index is 12.0. The number of thioether (sulfide) groups is 1. The molecule has 0 amide bonds. The third-order valence-electron chi connectivity index (χ3n) is 2.50. The van der Waals surface area contributed by atoms with Crippen molar-refractivity contribution >= 4 is 33.7 Å². The molecule has 1 aromatic heterocycles. The summed E-state index contributed by atoms with van der Waals surface area (Å²) >= 11 is 4.73. The first kappa shape index (κ1) is 11.7. The fraction of sp³-hybridized carbons (Fsp3) is 0.400. The van der Waals surface area contributed by atoms with Gasteiger partial charge >= 0.3 is 5.97 Å². The molecule has 2 heterocycles. The smallest absolute Gasteiger partial charge is 0.329 e. The Kier molecular flexibility index (Phi) is 3.12. The number of rotatable bonds is 1. The molecule has 0 saturated carbocycles. The summed E-state index contributed by atoms with van der Waals surface area (Å²) in [6, 6.07) is 1.40. The van der Waals surface area contributed by atoms with Crippen LogP contribution in [0.4, 0.5) is 0 Å². The lowest BCUT2D eigenvalue weighted by Gasteiger charge is -2.12. The van der Waals surface area contributed by atoms with Gasteiger partial charge in [-0.1, -0.05) is 0 Å². The molecule has 0 fully saturated rings. The molecule has 0 unspecified atom stereocenters. The number of aromatic nitrogens is 1. The van der Waals surface area contributed by atoms with Crippen molar-refractivity contribution in [2.75, 3.05) is 12.9 Å². The van der Waals surface area contributed by atoms with Crippen LogP contribution in [0.25, 0.3) is 0 Å². The molecule has 0 spiro atoms. The van der Waals surface area contributed by atoms with Gasteiger partial charge in [-0.3, -0.25) is 9.36 Å². The van der Waals surface area contributed by atoms with Gasteiger partial charge in [-0.2, -0.15) is 0 Å². The zero-order valence-electron chi connectivity index (χ0n) is 8.82. The fourth-order valence-corrected chi connectivity index (χ4v) is 3.18. The molecule has 1 aliphatic heterocycles. The van der Waals surface area contributed by atoms with Crippen molar-refractivity contribution in [3.63, 3.8) is 0 Å². The van der Waals surface area contributed by atoms with Gasteiger partial charge in [0.05, 0.1) is 16.6 Å². The maximum Gasteiger partial charge on any atom is 0.329 e. The number of ether oxygens (including phenoxy) is 1. The highest BCUT2D eigenvalue weighted by Gasteiger charge is 2.31. The summed E-state index contributed by atoms with van der Waals surface area (Å²) in [6.07, 6.45) is 0. The summed E-state index contributed by atoms with van der Waals surface area (Å²) in [4.78, 5) is 23.5. The highest BCUT2D eigenvalue weighted by Crippen LogP contribution is 2.33. The van der Waals surface area contributed by atoms with Gasteiger partial charge in [0.1, 0.15) is 6.04 Å². The topological polar surface area (TPSA) is 48.3 Å². The number of esters is 1. The number of hydrogen-bond acceptors (Lipinski definition) is 4. The first-order chi connectivity index (χ1) is 7.56. The quantitative estimate of drug-likeness (QED) is 0.742. The van der Waals surface area contributed by atoms with Crippen molar-refractivity contribution in [2.45, 2.75) is 18.0 Å². The van der Waals surface area contributed by atoms with Crippen molar-refractivity contribution < 1.29 is 9.53 Å². The van der Waals surface area contributed by atoms with Gasteiger partial charge in [0.15, 0.2) is 0 Å². The first-order valence-electron chi connectivity index (χ1n) is 4.68. The summed E-state index contributed by atoms with van der Waals surface area (Å²) in [5.41, 5.74) is 0.713. The molecule has 0 radical (unpaired) electrons. The van der Waals surface area contributed by atoms with E-state index >= 15 is 0 Å². The van der Waals surface area contributed by atoms with Crippen LogP contribution in [0.5, 0.6) is 0 Å². The molecule has 1 aliphatic rings. The summed E-state index contributed by atoms with van der Waals surface area (Å²) < 4.78 is 6.69. The van der Waals surface area contributed by atoms with Crippen molar-refractivity contribution in [2.24, 2.45) is 0 Å². The van der Waals surface area contributed by atoms with E-state index in [1.165, 1.54) is 23.4 Å². The Bertz CT molecular complexity index is 512. The molecule has 1 atom stereocenters. The second-order valence-electron chi connectivity index (χ2n) is 3.50. The van der Waals surface area contributed by atoms with Gasteiger partial charge in [-0.25, -0.2) is 4.79 Å². The van der Waals surface area contributed by atoms with Crippen molar-refractivity contribution in [3.8, 4) is 0 Å². The van der Waals surface area contributed by atoms with Crippen LogP contribution in [0, 0.1) is 6.92 Å². The molecule has 0 bridgehead atoms. The van der Waals surface area contributed by atoms with E-state index in [1.807, 2.05) is 13.0 Å². The van der Waals surface area contributed by atoms with E-state index in [0.717, 1.165) is 10.6 Å². The summed E-state index contributed by atoms with van der Waals surface area (Å²) in [6.45, 7) is 1.86. The van der Waals surface area contributed by atoms with Gasteiger partial charge in [-0.05, 0) is 34.5 Å². The third-order valence-corrected chi connectivity index (χ3v) is 4.56. The lowest BCUT2D eigenvalue weighted by atomic mass is 10.2. The van der Waals surface area contributed by atoms with Gasteiger partial charge in [0.25, 0.3) is 5.56 Å². The Morgan fingerprint density at radius 3 is 3.00 bits per heavy atom. The maximum atomic E-state index is 12.0. The molecule has 2 rings (SSSR count). The molecule has 6 heteroatoms. The third kappa shape index (κ3) is 1.69. The number of fused-ring (bicyclic) bond motifs is 1. The lowest BCUT2D eigenvalue weighted by Crippen LogP contribution is -2.30. The average Bonchev–Trinajstić information content (AvgIpc) is 2.68. The SMILES string of the molecule is COC(=O)[C@@H]1CSc2cc(C)c(Br)c(=O)n21. The van der Waals surface area contributed by atoms with E-state index in [-0.39, 0.29) is 11.5 Å². The molecule has 1 aromatic rings. The monoisotopic (exact) mass is 303 g/mol. The molecule has 4 nitrogen and oxygen atoms in total. The van der Waals surface area contributed by atoms with Crippen molar-refractivity contribution in [3.05, 3.63) is 26.5 Å². The summed E-state index contributed by atoms with van der Waals surface area (Å²) in [7, 11) is 1.33. The average molecular weight is 304 g/mol. The minimum absolute atomic E-state index is 0.171. The number of pyridine rings is 1. The predicted molar refractivity (Wildman–Crippen MR) is 64.9 cm³/mol. The van der Waals surface area contributed by atoms with Gasteiger partial charge in [-0.15, -0.1) is 11.8 Å². The molecular formula is C10H10BrNO3S. The Morgan fingerprint density at radius 1 is 1.69 bits per heavy atom. The van der Waals surface area contributed by atoms with Crippen molar-refractivity contribution in [1.29, 1.82) is 0 Å². The minimum atomic E-state index is -0.505. The normalized spacial score (nSPS) is 18.3. The Hall–Kier alpha value is -0.750. The van der Waals surface area contributed by atoms with Crippen LogP contribution in [-0.2, 0) is 9.53 Å². The zero-order chi connectivity index (χ0) is 11.9. The number of aryl methyl sites for hydroxylation is 1. The fourth-order valence-electron chi connectivity index (χ4n) is 1.65. The van der Waals surface area contributed by atoms with Gasteiger partial charge < -0.3 is 4.74 Å². The van der Waals surface area contributed by atoms with E-state index in [1.54, 1.807) is 0 Å². The van der Waals surface area contributed by atoms with Crippen molar-refractivity contribution in [1.82, 2.24) is 4.57 Å². The second-order valence-corrected chi connectivity index (χ2v) is 5.34. The molecule has 0 N–H and O–H groups in total. The van der Waals surface area contributed by atoms with Crippen LogP contribution in [0.15, 0.2) is 20.4 Å². The van der Waals surface area contributed by atoms with Crippen LogP contribution in [0.2, 0.25) is 0 Å². The zero-order valence-corrected chi connectivity index (χ0v) is 11.2. The highest BCUT2D eigenvalue weighted by atomic mass is 79.9. The summed E-state index contributed by atoms with van der Waals surface area (Å²) in [5, 5.41) is 0.820. The van der Waals surface area contributed by atoms with Crippen LogP contribution in [0.1, 0.15) is 11.6 Å².